The maximum atomic E-state index is 6.11. The summed E-state index contributed by atoms with van der Waals surface area (Å²) in [4.78, 5) is 11.8. The zero-order valence-electron chi connectivity index (χ0n) is 12.7. The van der Waals surface area contributed by atoms with Gasteiger partial charge in [-0.25, -0.2) is 9.97 Å². The molecule has 1 saturated heterocycles. The van der Waals surface area contributed by atoms with E-state index in [0.29, 0.717) is 11.7 Å². The van der Waals surface area contributed by atoms with Gasteiger partial charge in [0.2, 0.25) is 0 Å². The molecule has 3 rings (SSSR count). The van der Waals surface area contributed by atoms with Crippen molar-refractivity contribution in [1.29, 1.82) is 0 Å². The third-order valence-corrected chi connectivity index (χ3v) is 4.84. The lowest BCUT2D eigenvalue weighted by Crippen LogP contribution is -2.27. The first-order valence-corrected chi connectivity index (χ1v) is 8.08. The second kappa shape index (κ2) is 5.58. The molecule has 110 valence electrons. The predicted octanol–water partition coefficient (Wildman–Crippen LogP) is 3.26. The predicted molar refractivity (Wildman–Crippen MR) is 83.0 cm³/mol. The Hall–Kier alpha value is -1.32. The molecular weight excluding hydrogens is 248 g/mol. The number of hydrogen-bond acceptors (Lipinski definition) is 4. The number of hydrogen-bond donors (Lipinski definition) is 1. The Kier molecular flexibility index (Phi) is 3.81. The van der Waals surface area contributed by atoms with Gasteiger partial charge < -0.3 is 10.6 Å². The molecule has 1 saturated carbocycles. The number of nitrogens with zero attached hydrogens (tertiary/aromatic N) is 3. The molecule has 0 radical (unpaired) electrons. The summed E-state index contributed by atoms with van der Waals surface area (Å²) in [6, 6.07) is 0. The van der Waals surface area contributed by atoms with Crippen molar-refractivity contribution in [2.45, 2.75) is 58.3 Å². The van der Waals surface area contributed by atoms with E-state index in [4.69, 9.17) is 10.7 Å². The molecule has 2 heterocycles. The summed E-state index contributed by atoms with van der Waals surface area (Å²) in [5, 5.41) is 0. The van der Waals surface area contributed by atoms with Crippen molar-refractivity contribution in [1.82, 2.24) is 9.97 Å². The van der Waals surface area contributed by atoms with Crippen molar-refractivity contribution in [2.75, 3.05) is 23.7 Å². The molecular formula is C16H26N4. The first kappa shape index (κ1) is 13.7. The van der Waals surface area contributed by atoms with Gasteiger partial charge in [-0.15, -0.1) is 0 Å². The summed E-state index contributed by atoms with van der Waals surface area (Å²) >= 11 is 0. The van der Waals surface area contributed by atoms with Crippen LogP contribution in [0.3, 0.4) is 0 Å². The quantitative estimate of drug-likeness (QED) is 0.919. The minimum Gasteiger partial charge on any atom is -0.383 e. The molecule has 1 aromatic heterocycles. The normalized spacial score (nSPS) is 23.7. The second-order valence-electron chi connectivity index (χ2n) is 6.38. The summed E-state index contributed by atoms with van der Waals surface area (Å²) in [7, 11) is 0. The molecule has 2 N–H and O–H groups in total. The monoisotopic (exact) mass is 274 g/mol. The van der Waals surface area contributed by atoms with Crippen LogP contribution in [0, 0.1) is 12.8 Å². The minimum absolute atomic E-state index is 0.562. The smallest absolute Gasteiger partial charge is 0.137 e. The molecule has 1 atom stereocenters. The van der Waals surface area contributed by atoms with Gasteiger partial charge in [0.15, 0.2) is 0 Å². The van der Waals surface area contributed by atoms with Crippen LogP contribution in [-0.4, -0.2) is 23.1 Å². The second-order valence-corrected chi connectivity index (χ2v) is 6.38. The van der Waals surface area contributed by atoms with Gasteiger partial charge in [0.1, 0.15) is 17.5 Å². The lowest BCUT2D eigenvalue weighted by molar-refractivity contribution is 0.459. The highest BCUT2D eigenvalue weighted by Gasteiger charge is 2.29. The fourth-order valence-electron chi connectivity index (χ4n) is 3.16. The summed E-state index contributed by atoms with van der Waals surface area (Å²) in [6.07, 6.45) is 7.63. The average Bonchev–Trinajstić information content (AvgIpc) is 3.27. The third kappa shape index (κ3) is 2.74. The molecule has 0 amide bonds. The van der Waals surface area contributed by atoms with Crippen LogP contribution in [0.5, 0.6) is 0 Å². The van der Waals surface area contributed by atoms with E-state index in [2.05, 4.69) is 23.7 Å². The highest BCUT2D eigenvalue weighted by Crippen LogP contribution is 2.40. The van der Waals surface area contributed by atoms with E-state index in [9.17, 15) is 0 Å². The van der Waals surface area contributed by atoms with Crippen molar-refractivity contribution < 1.29 is 0 Å². The van der Waals surface area contributed by atoms with Crippen LogP contribution in [0.1, 0.15) is 62.8 Å². The van der Waals surface area contributed by atoms with E-state index < -0.39 is 0 Å². The fourth-order valence-corrected chi connectivity index (χ4v) is 3.16. The van der Waals surface area contributed by atoms with Crippen LogP contribution >= 0.6 is 0 Å². The third-order valence-electron chi connectivity index (χ3n) is 4.84. The molecule has 0 aromatic carbocycles. The number of rotatable bonds is 3. The highest BCUT2D eigenvalue weighted by molar-refractivity contribution is 5.57. The lowest BCUT2D eigenvalue weighted by Gasteiger charge is -2.24. The van der Waals surface area contributed by atoms with Crippen LogP contribution in [0.2, 0.25) is 0 Å². The number of anilines is 2. The SMILES string of the molecule is CCC1CCCN(c2nc(C3CC3)nc(N)c2C)CC1. The average molecular weight is 274 g/mol. The molecule has 0 bridgehead atoms. The zero-order valence-corrected chi connectivity index (χ0v) is 12.7. The Morgan fingerprint density at radius 2 is 1.95 bits per heavy atom. The van der Waals surface area contributed by atoms with Crippen LogP contribution in [0.25, 0.3) is 0 Å². The van der Waals surface area contributed by atoms with Crippen LogP contribution < -0.4 is 10.6 Å². The molecule has 1 unspecified atom stereocenters. The summed E-state index contributed by atoms with van der Waals surface area (Å²) in [6.45, 7) is 6.58. The van der Waals surface area contributed by atoms with E-state index in [1.165, 1.54) is 38.5 Å². The van der Waals surface area contributed by atoms with Gasteiger partial charge in [0.25, 0.3) is 0 Å². The largest absolute Gasteiger partial charge is 0.383 e. The minimum atomic E-state index is 0.562. The molecule has 1 aliphatic carbocycles. The van der Waals surface area contributed by atoms with E-state index in [0.717, 1.165) is 36.2 Å². The Morgan fingerprint density at radius 3 is 2.65 bits per heavy atom. The molecule has 20 heavy (non-hydrogen) atoms. The van der Waals surface area contributed by atoms with E-state index in [1.807, 2.05) is 0 Å². The Labute approximate surface area is 121 Å². The van der Waals surface area contributed by atoms with Gasteiger partial charge >= 0.3 is 0 Å². The Morgan fingerprint density at radius 1 is 1.15 bits per heavy atom. The topological polar surface area (TPSA) is 55.0 Å². The lowest BCUT2D eigenvalue weighted by atomic mass is 9.98. The van der Waals surface area contributed by atoms with Crippen LogP contribution in [0.15, 0.2) is 0 Å². The summed E-state index contributed by atoms with van der Waals surface area (Å²) < 4.78 is 0. The summed E-state index contributed by atoms with van der Waals surface area (Å²) in [5.41, 5.74) is 7.17. The molecule has 4 heteroatoms. The number of nitrogens with two attached hydrogens (primary N) is 1. The molecule has 2 fully saturated rings. The van der Waals surface area contributed by atoms with Crippen LogP contribution in [-0.2, 0) is 0 Å². The highest BCUT2D eigenvalue weighted by atomic mass is 15.2. The molecule has 2 aliphatic rings. The van der Waals surface area contributed by atoms with Gasteiger partial charge in [-0.3, -0.25) is 0 Å². The Balaban J connectivity index is 1.84. The van der Waals surface area contributed by atoms with Crippen molar-refractivity contribution in [3.63, 3.8) is 0 Å². The molecule has 0 spiro atoms. The van der Waals surface area contributed by atoms with Crippen molar-refractivity contribution in [3.05, 3.63) is 11.4 Å². The van der Waals surface area contributed by atoms with Crippen molar-refractivity contribution in [3.8, 4) is 0 Å². The standard InChI is InChI=1S/C16H26N4/c1-3-12-5-4-9-20(10-8-12)16-11(2)14(17)18-15(19-16)13-6-7-13/h12-13H,3-10H2,1-2H3,(H2,17,18,19). The molecule has 1 aliphatic heterocycles. The molecule has 4 nitrogen and oxygen atoms in total. The number of nitrogen functional groups attached to an aromatic ring is 1. The van der Waals surface area contributed by atoms with E-state index >= 15 is 0 Å². The molecule has 1 aromatic rings. The summed E-state index contributed by atoms with van der Waals surface area (Å²) in [5.74, 6) is 4.18. The number of aromatic nitrogens is 2. The van der Waals surface area contributed by atoms with Gasteiger partial charge in [0, 0.05) is 24.6 Å². The maximum Gasteiger partial charge on any atom is 0.137 e. The van der Waals surface area contributed by atoms with Crippen molar-refractivity contribution in [2.24, 2.45) is 5.92 Å². The van der Waals surface area contributed by atoms with Gasteiger partial charge in [0.05, 0.1) is 0 Å². The van der Waals surface area contributed by atoms with Crippen LogP contribution in [0.4, 0.5) is 11.6 Å². The van der Waals surface area contributed by atoms with Gasteiger partial charge in [-0.05, 0) is 44.9 Å². The van der Waals surface area contributed by atoms with Gasteiger partial charge in [-0.1, -0.05) is 13.3 Å². The van der Waals surface area contributed by atoms with E-state index in [-0.39, 0.29) is 0 Å². The fraction of sp³-hybridized carbons (Fsp3) is 0.750. The van der Waals surface area contributed by atoms with E-state index in [1.54, 1.807) is 0 Å². The Bertz CT molecular complexity index is 482. The van der Waals surface area contributed by atoms with Crippen molar-refractivity contribution >= 4 is 11.6 Å². The first-order chi connectivity index (χ1) is 9.69. The zero-order chi connectivity index (χ0) is 14.1. The first-order valence-electron chi connectivity index (χ1n) is 8.08. The maximum absolute atomic E-state index is 6.11. The van der Waals surface area contributed by atoms with Gasteiger partial charge in [-0.2, -0.15) is 0 Å².